The van der Waals surface area contributed by atoms with Gasteiger partial charge in [-0.2, -0.15) is 0 Å². The van der Waals surface area contributed by atoms with Crippen molar-refractivity contribution in [2.75, 3.05) is 13.1 Å². The van der Waals surface area contributed by atoms with Gasteiger partial charge in [0.05, 0.1) is 5.52 Å². The van der Waals surface area contributed by atoms with Crippen molar-refractivity contribution in [3.63, 3.8) is 0 Å². The fraction of sp³-hybridized carbons (Fsp3) is 0.438. The van der Waals surface area contributed by atoms with Crippen molar-refractivity contribution in [3.05, 3.63) is 41.6 Å². The number of benzene rings is 1. The Kier molecular flexibility index (Phi) is 3.49. The summed E-state index contributed by atoms with van der Waals surface area (Å²) < 4.78 is 0. The predicted octanol–water partition coefficient (Wildman–Crippen LogP) is 2.47. The van der Waals surface area contributed by atoms with Crippen molar-refractivity contribution < 1.29 is 0 Å². The number of pyridine rings is 1. The number of aromatic nitrogens is 1. The van der Waals surface area contributed by atoms with Crippen molar-refractivity contribution in [1.82, 2.24) is 9.88 Å². The van der Waals surface area contributed by atoms with E-state index in [0.717, 1.165) is 43.7 Å². The molecule has 1 saturated heterocycles. The molecule has 0 radical (unpaired) electrons. The maximum absolute atomic E-state index is 5.97. The van der Waals surface area contributed by atoms with Crippen LogP contribution in [0.4, 0.5) is 0 Å². The lowest BCUT2D eigenvalue weighted by atomic mass is 10.0. The van der Waals surface area contributed by atoms with Gasteiger partial charge in [-0.15, -0.1) is 0 Å². The standard InChI is InChI=1S/C16H21N3/c1-12-10-13(11-19-8-6-14(17)7-9-19)15-4-2-3-5-16(15)18-12/h2-5,10,14H,6-9,11,17H2,1H3. The first-order valence-corrected chi connectivity index (χ1v) is 7.05. The van der Waals surface area contributed by atoms with Crippen molar-refractivity contribution in [1.29, 1.82) is 0 Å². The lowest BCUT2D eigenvalue weighted by molar-refractivity contribution is 0.206. The molecular formula is C16H21N3. The highest BCUT2D eigenvalue weighted by atomic mass is 15.1. The molecule has 1 aromatic heterocycles. The average molecular weight is 255 g/mol. The van der Waals surface area contributed by atoms with Crippen LogP contribution in [0.1, 0.15) is 24.1 Å². The molecule has 3 heteroatoms. The molecule has 0 unspecified atom stereocenters. The van der Waals surface area contributed by atoms with Crippen LogP contribution in [0.2, 0.25) is 0 Å². The van der Waals surface area contributed by atoms with E-state index in [1.165, 1.54) is 10.9 Å². The lowest BCUT2D eigenvalue weighted by Crippen LogP contribution is -2.39. The number of rotatable bonds is 2. The summed E-state index contributed by atoms with van der Waals surface area (Å²) in [6.07, 6.45) is 2.23. The van der Waals surface area contributed by atoms with Gasteiger partial charge >= 0.3 is 0 Å². The first kappa shape index (κ1) is 12.6. The minimum absolute atomic E-state index is 0.396. The van der Waals surface area contributed by atoms with Gasteiger partial charge in [-0.25, -0.2) is 0 Å². The zero-order valence-corrected chi connectivity index (χ0v) is 11.5. The Morgan fingerprint density at radius 2 is 2.00 bits per heavy atom. The fourth-order valence-electron chi connectivity index (χ4n) is 2.88. The number of hydrogen-bond donors (Lipinski definition) is 1. The summed E-state index contributed by atoms with van der Waals surface area (Å²) in [7, 11) is 0. The fourth-order valence-corrected chi connectivity index (χ4v) is 2.88. The highest BCUT2D eigenvalue weighted by Crippen LogP contribution is 2.21. The predicted molar refractivity (Wildman–Crippen MR) is 79.0 cm³/mol. The molecule has 3 rings (SSSR count). The molecule has 0 saturated carbocycles. The molecular weight excluding hydrogens is 234 g/mol. The molecule has 3 nitrogen and oxygen atoms in total. The van der Waals surface area contributed by atoms with E-state index < -0.39 is 0 Å². The minimum atomic E-state index is 0.396. The summed E-state index contributed by atoms with van der Waals surface area (Å²) in [6, 6.07) is 11.0. The minimum Gasteiger partial charge on any atom is -0.328 e. The monoisotopic (exact) mass is 255 g/mol. The Labute approximate surface area is 114 Å². The molecule has 2 aromatic rings. The molecule has 1 aliphatic rings. The maximum Gasteiger partial charge on any atom is 0.0708 e. The molecule has 0 aliphatic carbocycles. The molecule has 2 heterocycles. The van der Waals surface area contributed by atoms with Crippen LogP contribution in [0.5, 0.6) is 0 Å². The van der Waals surface area contributed by atoms with Gasteiger partial charge in [0.25, 0.3) is 0 Å². The summed E-state index contributed by atoms with van der Waals surface area (Å²) in [6.45, 7) is 5.30. The average Bonchev–Trinajstić information content (AvgIpc) is 2.41. The van der Waals surface area contributed by atoms with Crippen molar-refractivity contribution >= 4 is 10.9 Å². The van der Waals surface area contributed by atoms with E-state index in [1.807, 2.05) is 0 Å². The Bertz CT molecular complexity index is 571. The number of piperidine rings is 1. The third-order valence-corrected chi connectivity index (χ3v) is 3.96. The normalized spacial score (nSPS) is 18.0. The number of para-hydroxylation sites is 1. The third kappa shape index (κ3) is 2.77. The van der Waals surface area contributed by atoms with Crippen LogP contribution in [0.15, 0.2) is 30.3 Å². The quantitative estimate of drug-likeness (QED) is 0.896. The van der Waals surface area contributed by atoms with Crippen LogP contribution in [0.3, 0.4) is 0 Å². The van der Waals surface area contributed by atoms with Crippen molar-refractivity contribution in [3.8, 4) is 0 Å². The topological polar surface area (TPSA) is 42.1 Å². The highest BCUT2D eigenvalue weighted by Gasteiger charge is 2.17. The second kappa shape index (κ2) is 5.27. The van der Waals surface area contributed by atoms with Gasteiger partial charge in [0.15, 0.2) is 0 Å². The second-order valence-corrected chi connectivity index (χ2v) is 5.55. The summed E-state index contributed by atoms with van der Waals surface area (Å²) in [5.41, 5.74) is 9.56. The zero-order valence-electron chi connectivity index (χ0n) is 11.5. The molecule has 0 bridgehead atoms. The van der Waals surface area contributed by atoms with Gasteiger partial charge in [0, 0.05) is 23.7 Å². The smallest absolute Gasteiger partial charge is 0.0708 e. The van der Waals surface area contributed by atoms with Crippen LogP contribution in [0, 0.1) is 6.92 Å². The Hall–Kier alpha value is -1.45. The van der Waals surface area contributed by atoms with Gasteiger partial charge < -0.3 is 5.73 Å². The lowest BCUT2D eigenvalue weighted by Gasteiger charge is -2.30. The first-order valence-electron chi connectivity index (χ1n) is 7.05. The van der Waals surface area contributed by atoms with E-state index in [0.29, 0.717) is 6.04 Å². The van der Waals surface area contributed by atoms with Crippen LogP contribution >= 0.6 is 0 Å². The van der Waals surface area contributed by atoms with E-state index in [1.54, 1.807) is 0 Å². The number of likely N-dealkylation sites (tertiary alicyclic amines) is 1. The van der Waals surface area contributed by atoms with Gasteiger partial charge in [-0.1, -0.05) is 18.2 Å². The second-order valence-electron chi connectivity index (χ2n) is 5.55. The molecule has 0 spiro atoms. The van der Waals surface area contributed by atoms with Crippen LogP contribution < -0.4 is 5.73 Å². The Morgan fingerprint density at radius 1 is 1.26 bits per heavy atom. The highest BCUT2D eigenvalue weighted by molar-refractivity contribution is 5.82. The molecule has 0 atom stereocenters. The summed E-state index contributed by atoms with van der Waals surface area (Å²) in [5.74, 6) is 0. The van der Waals surface area contributed by atoms with Gasteiger partial charge in [0.1, 0.15) is 0 Å². The third-order valence-electron chi connectivity index (χ3n) is 3.96. The molecule has 100 valence electrons. The maximum atomic E-state index is 5.97. The molecule has 1 aliphatic heterocycles. The number of nitrogens with zero attached hydrogens (tertiary/aromatic N) is 2. The van der Waals surface area contributed by atoms with Gasteiger partial charge in [-0.05, 0) is 50.6 Å². The van der Waals surface area contributed by atoms with Crippen LogP contribution in [-0.2, 0) is 6.54 Å². The van der Waals surface area contributed by atoms with E-state index in [-0.39, 0.29) is 0 Å². The number of nitrogens with two attached hydrogens (primary N) is 1. The van der Waals surface area contributed by atoms with E-state index in [4.69, 9.17) is 5.73 Å². The molecule has 2 N–H and O–H groups in total. The molecule has 1 fully saturated rings. The van der Waals surface area contributed by atoms with Gasteiger partial charge in [-0.3, -0.25) is 9.88 Å². The van der Waals surface area contributed by atoms with Crippen molar-refractivity contribution in [2.45, 2.75) is 32.4 Å². The molecule has 1 aromatic carbocycles. The summed E-state index contributed by atoms with van der Waals surface area (Å²) in [4.78, 5) is 7.11. The van der Waals surface area contributed by atoms with Crippen molar-refractivity contribution in [2.24, 2.45) is 5.73 Å². The number of hydrogen-bond acceptors (Lipinski definition) is 3. The molecule has 0 amide bonds. The van der Waals surface area contributed by atoms with Crippen LogP contribution in [0.25, 0.3) is 10.9 Å². The largest absolute Gasteiger partial charge is 0.328 e. The van der Waals surface area contributed by atoms with E-state index in [2.05, 4.69) is 47.1 Å². The summed E-state index contributed by atoms with van der Waals surface area (Å²) in [5, 5.41) is 1.28. The van der Waals surface area contributed by atoms with E-state index >= 15 is 0 Å². The number of fused-ring (bicyclic) bond motifs is 1. The summed E-state index contributed by atoms with van der Waals surface area (Å²) >= 11 is 0. The van der Waals surface area contributed by atoms with E-state index in [9.17, 15) is 0 Å². The van der Waals surface area contributed by atoms with Crippen LogP contribution in [-0.4, -0.2) is 29.0 Å². The zero-order chi connectivity index (χ0) is 13.2. The Morgan fingerprint density at radius 3 is 2.79 bits per heavy atom. The SMILES string of the molecule is Cc1cc(CN2CCC(N)CC2)c2ccccc2n1. The first-order chi connectivity index (χ1) is 9.22. The van der Waals surface area contributed by atoms with Gasteiger partial charge in [0.2, 0.25) is 0 Å². The Balaban J connectivity index is 1.88. The number of aryl methyl sites for hydroxylation is 1. The molecule has 19 heavy (non-hydrogen) atoms.